The molecule has 0 aliphatic heterocycles. The van der Waals surface area contributed by atoms with E-state index in [0.717, 1.165) is 0 Å². The minimum atomic E-state index is -0.831. The summed E-state index contributed by atoms with van der Waals surface area (Å²) in [7, 11) is 4.40. The summed E-state index contributed by atoms with van der Waals surface area (Å²) in [6, 6.07) is 2.94. The smallest absolute Gasteiger partial charge is 0.169 e. The highest BCUT2D eigenvalue weighted by molar-refractivity contribution is 6.52. The second kappa shape index (κ2) is 10.2. The highest BCUT2D eigenvalue weighted by Crippen LogP contribution is 2.66. The van der Waals surface area contributed by atoms with E-state index in [2.05, 4.69) is 0 Å². The summed E-state index contributed by atoms with van der Waals surface area (Å²) in [5.74, 6) is -2.15. The Morgan fingerprint density at radius 3 is 1.98 bits per heavy atom. The van der Waals surface area contributed by atoms with Crippen molar-refractivity contribution in [1.82, 2.24) is 0 Å². The number of nitrogens with zero attached hydrogens (tertiary/aromatic N) is 2. The number of aliphatic hydroxyl groups is 2. The lowest BCUT2D eigenvalue weighted by atomic mass is 9.62. The zero-order valence-corrected chi connectivity index (χ0v) is 27.5. The van der Waals surface area contributed by atoms with Crippen LogP contribution in [-0.4, -0.2) is 88.4 Å². The molecule has 0 saturated heterocycles. The number of fused-ring (bicyclic) bond motifs is 1. The van der Waals surface area contributed by atoms with Crippen LogP contribution in [0, 0.1) is 5.92 Å². The van der Waals surface area contributed by atoms with E-state index >= 15 is 0 Å². The van der Waals surface area contributed by atoms with Gasteiger partial charge in [0.15, 0.2) is 11.5 Å². The number of allylic oxidation sites excluding steroid dienone is 2. The molecule has 11 heteroatoms. The summed E-state index contributed by atoms with van der Waals surface area (Å²) in [4.78, 5) is 24.1. The van der Waals surface area contributed by atoms with E-state index in [1.54, 1.807) is 0 Å². The Hall–Kier alpha value is -4.61. The van der Waals surface area contributed by atoms with Gasteiger partial charge in [0.05, 0.1) is 68.3 Å². The highest BCUT2D eigenvalue weighted by atomic mass is 16.5. The lowest BCUT2D eigenvalue weighted by molar-refractivity contribution is -0.117. The average Bonchev–Trinajstić information content (AvgIpc) is 4.00. The van der Waals surface area contributed by atoms with Gasteiger partial charge in [-0.2, -0.15) is 0 Å². The van der Waals surface area contributed by atoms with Gasteiger partial charge in [-0.05, 0) is 50.7 Å². The summed E-state index contributed by atoms with van der Waals surface area (Å²) in [6.07, 6.45) is 4.68. The molecule has 8 rings (SSSR count). The number of carbonyl (C=O) groups excluding carboxylic acids is 1. The fourth-order valence-corrected chi connectivity index (χ4v) is 8.41. The molecule has 3 atom stereocenters. The monoisotopic (exact) mass is 654 g/mol. The molecule has 11 nitrogen and oxygen atoms in total. The summed E-state index contributed by atoms with van der Waals surface area (Å²) in [6.45, 7) is 3.01. The first kappa shape index (κ1) is 30.7. The number of benzene rings is 3. The molecule has 0 aromatic heterocycles. The topological polar surface area (TPSA) is 171 Å². The van der Waals surface area contributed by atoms with Crippen LogP contribution in [0.4, 0.5) is 0 Å². The minimum absolute atomic E-state index is 0.0684. The van der Waals surface area contributed by atoms with Crippen LogP contribution in [0.2, 0.25) is 0 Å². The van der Waals surface area contributed by atoms with Crippen LogP contribution in [0.3, 0.4) is 0 Å². The van der Waals surface area contributed by atoms with Crippen molar-refractivity contribution in [2.45, 2.75) is 62.4 Å². The van der Waals surface area contributed by atoms with Crippen molar-refractivity contribution in [3.8, 4) is 45.6 Å². The van der Waals surface area contributed by atoms with Gasteiger partial charge in [-0.25, -0.2) is 0 Å². The normalized spacial score (nSPS) is 25.1. The molecule has 2 saturated carbocycles. The quantitative estimate of drug-likeness (QED) is 0.217. The fourth-order valence-electron chi connectivity index (χ4n) is 8.41. The first-order chi connectivity index (χ1) is 23.0. The SMILES string of the molecule is COc1cc(O)c2c3c1-c1c(OC)cc(O)c4c(O)c(OC)c5c(c14)C3C(C=C(C)C5C(C)=O)C(=NC1(CO)CC1)C2=NC1(CO)CC1. The van der Waals surface area contributed by atoms with Crippen molar-refractivity contribution >= 4 is 28.0 Å². The maximum absolute atomic E-state index is 13.7. The molecule has 0 bridgehead atoms. The largest absolute Gasteiger partial charge is 0.507 e. The molecule has 0 radical (unpaired) electrons. The molecule has 5 N–H and O–H groups in total. The standard InChI is InChI=1S/C37H38N2O9/c1-15-10-17-23-28-24(33(39-37(14-41)8-9-37)32(17)38-36(13-40)6-7-36)18(43)11-20(46-3)26(28)27-21(47-4)12-19(44)25-30(27)29(23)31(22(15)16(2)42)35(48-5)34(25)45/h10-12,17,22-23,40-41,43-45H,6-9,13-14H2,1-5H3. The molecule has 0 amide bonds. The van der Waals surface area contributed by atoms with E-state index in [4.69, 9.17) is 24.2 Å². The molecule has 48 heavy (non-hydrogen) atoms. The second-order valence-electron chi connectivity index (χ2n) is 13.9. The number of carbonyl (C=O) groups is 1. The molecule has 0 spiro atoms. The van der Waals surface area contributed by atoms with Crippen LogP contribution in [0.25, 0.3) is 21.9 Å². The first-order valence-corrected chi connectivity index (χ1v) is 16.2. The first-order valence-electron chi connectivity index (χ1n) is 16.2. The van der Waals surface area contributed by atoms with E-state index in [1.165, 1.54) is 40.4 Å². The number of hydrogen-bond donors (Lipinski definition) is 5. The number of Topliss-reactive ketones (excluding diaryl/α,β-unsaturated/α-hetero) is 1. The molecule has 2 fully saturated rings. The molecule has 3 aromatic carbocycles. The Labute approximate surface area is 276 Å². The Bertz CT molecular complexity index is 2070. The van der Waals surface area contributed by atoms with E-state index in [0.29, 0.717) is 92.9 Å². The Balaban J connectivity index is 1.66. The van der Waals surface area contributed by atoms with Gasteiger partial charge in [0, 0.05) is 51.6 Å². The van der Waals surface area contributed by atoms with E-state index in [1.807, 2.05) is 13.0 Å². The molecule has 5 aliphatic carbocycles. The number of phenolic OH excluding ortho intramolecular Hbond substituents is 3. The highest BCUT2D eigenvalue weighted by Gasteiger charge is 2.54. The lowest BCUT2D eigenvalue weighted by Crippen LogP contribution is -2.40. The lowest BCUT2D eigenvalue weighted by Gasteiger charge is -2.42. The Morgan fingerprint density at radius 1 is 0.812 bits per heavy atom. The van der Waals surface area contributed by atoms with Gasteiger partial charge in [0.2, 0.25) is 0 Å². The van der Waals surface area contributed by atoms with Crippen LogP contribution in [0.15, 0.2) is 33.8 Å². The van der Waals surface area contributed by atoms with Crippen LogP contribution in [-0.2, 0) is 4.79 Å². The van der Waals surface area contributed by atoms with Crippen molar-refractivity contribution in [2.75, 3.05) is 34.5 Å². The van der Waals surface area contributed by atoms with Crippen molar-refractivity contribution in [1.29, 1.82) is 0 Å². The molecular formula is C37H38N2O9. The van der Waals surface area contributed by atoms with Gasteiger partial charge < -0.3 is 39.7 Å². The number of phenols is 3. The maximum atomic E-state index is 13.7. The summed E-state index contributed by atoms with van der Waals surface area (Å²) in [5.41, 5.74) is 3.47. The van der Waals surface area contributed by atoms with Crippen molar-refractivity contribution in [3.63, 3.8) is 0 Å². The predicted octanol–water partition coefficient (Wildman–Crippen LogP) is 4.64. The predicted molar refractivity (Wildman–Crippen MR) is 179 cm³/mol. The molecule has 3 unspecified atom stereocenters. The van der Waals surface area contributed by atoms with E-state index in [-0.39, 0.29) is 47.4 Å². The Morgan fingerprint density at radius 2 is 1.42 bits per heavy atom. The minimum Gasteiger partial charge on any atom is -0.507 e. The number of methoxy groups -OCH3 is 3. The molecule has 0 heterocycles. The summed E-state index contributed by atoms with van der Waals surface area (Å²) in [5, 5.41) is 56.8. The zero-order valence-electron chi connectivity index (χ0n) is 27.5. The summed E-state index contributed by atoms with van der Waals surface area (Å²) >= 11 is 0. The van der Waals surface area contributed by atoms with Crippen molar-refractivity contribution < 1.29 is 44.5 Å². The number of rotatable bonds is 8. The van der Waals surface area contributed by atoms with Crippen LogP contribution >= 0.6 is 0 Å². The van der Waals surface area contributed by atoms with Crippen molar-refractivity contribution in [2.24, 2.45) is 15.9 Å². The molecule has 250 valence electrons. The number of hydrogen-bond acceptors (Lipinski definition) is 11. The van der Waals surface area contributed by atoms with Gasteiger partial charge >= 0.3 is 0 Å². The maximum Gasteiger partial charge on any atom is 0.169 e. The Kier molecular flexibility index (Phi) is 6.52. The van der Waals surface area contributed by atoms with Crippen LogP contribution < -0.4 is 14.2 Å². The summed E-state index contributed by atoms with van der Waals surface area (Å²) < 4.78 is 17.7. The van der Waals surface area contributed by atoms with Gasteiger partial charge in [-0.15, -0.1) is 0 Å². The third kappa shape index (κ3) is 3.91. The van der Waals surface area contributed by atoms with Gasteiger partial charge in [-0.1, -0.05) is 11.6 Å². The number of aromatic hydroxyl groups is 3. The second-order valence-corrected chi connectivity index (χ2v) is 13.9. The van der Waals surface area contributed by atoms with Gasteiger partial charge in [-0.3, -0.25) is 14.8 Å². The fraction of sp³-hybridized carbons (Fsp3) is 0.432. The van der Waals surface area contributed by atoms with Gasteiger partial charge in [0.25, 0.3) is 0 Å². The third-order valence-corrected chi connectivity index (χ3v) is 11.0. The average molecular weight is 655 g/mol. The van der Waals surface area contributed by atoms with E-state index < -0.39 is 28.8 Å². The third-order valence-electron chi connectivity index (χ3n) is 11.0. The van der Waals surface area contributed by atoms with Gasteiger partial charge in [0.1, 0.15) is 28.8 Å². The zero-order chi connectivity index (χ0) is 34.0. The molecule has 5 aliphatic rings. The molecule has 3 aromatic rings. The number of ether oxygens (including phenoxy) is 3. The van der Waals surface area contributed by atoms with Crippen LogP contribution in [0.5, 0.6) is 34.5 Å². The number of aliphatic hydroxyl groups excluding tert-OH is 2. The van der Waals surface area contributed by atoms with Crippen molar-refractivity contribution in [3.05, 3.63) is 46.0 Å². The molecular weight excluding hydrogens is 616 g/mol. The van der Waals surface area contributed by atoms with E-state index in [9.17, 15) is 30.3 Å². The van der Waals surface area contributed by atoms with Crippen LogP contribution in [0.1, 0.15) is 73.6 Å². The number of ketones is 1. The number of aliphatic imine (C=N–C) groups is 2.